The predicted molar refractivity (Wildman–Crippen MR) is 91.3 cm³/mol. The lowest BCUT2D eigenvalue weighted by Gasteiger charge is -2.12. The van der Waals surface area contributed by atoms with E-state index in [9.17, 15) is 39.9 Å². The molecule has 2 N–H and O–H groups in total. The van der Waals surface area contributed by atoms with Crippen molar-refractivity contribution in [2.75, 3.05) is 11.1 Å². The number of anilines is 1. The minimum atomic E-state index is -5.70. The van der Waals surface area contributed by atoms with Gasteiger partial charge in [0.2, 0.25) is 0 Å². The van der Waals surface area contributed by atoms with E-state index in [4.69, 9.17) is 0 Å². The van der Waals surface area contributed by atoms with Crippen LogP contribution in [0.2, 0.25) is 0 Å². The molecule has 13 heteroatoms. The number of aromatic nitrogens is 1. The van der Waals surface area contributed by atoms with Crippen molar-refractivity contribution in [3.63, 3.8) is 0 Å². The molecule has 0 saturated heterocycles. The second kappa shape index (κ2) is 7.39. The number of rotatable bonds is 5. The van der Waals surface area contributed by atoms with Gasteiger partial charge in [0, 0.05) is 0 Å². The van der Waals surface area contributed by atoms with Crippen LogP contribution in [0.3, 0.4) is 0 Å². The molecular formula is C15H13F3N2O6S2. The summed E-state index contributed by atoms with van der Waals surface area (Å²) in [7, 11) is -9.43. The second-order valence-corrected chi connectivity index (χ2v) is 9.51. The fourth-order valence-electron chi connectivity index (χ4n) is 1.96. The Hall–Kier alpha value is -2.67. The lowest BCUT2D eigenvalue weighted by atomic mass is 10.2. The molecule has 0 aliphatic heterocycles. The van der Waals surface area contributed by atoms with Crippen LogP contribution in [0.4, 0.5) is 18.9 Å². The molecule has 0 fully saturated rings. The van der Waals surface area contributed by atoms with Crippen molar-refractivity contribution in [1.82, 2.24) is 4.98 Å². The van der Waals surface area contributed by atoms with Gasteiger partial charge in [-0.3, -0.25) is 4.79 Å². The number of hydrogen-bond acceptors (Lipinski definition) is 7. The highest BCUT2D eigenvalue weighted by Gasteiger charge is 2.47. The first kappa shape index (κ1) is 21.6. The van der Waals surface area contributed by atoms with Gasteiger partial charge in [0.1, 0.15) is 11.4 Å². The number of aromatic hydroxyl groups is 1. The zero-order valence-electron chi connectivity index (χ0n) is 14.1. The number of sulfone groups is 2. The molecule has 0 unspecified atom stereocenters. The highest BCUT2D eigenvalue weighted by atomic mass is 32.2. The largest absolute Gasteiger partial charge is 0.506 e. The first-order valence-electron chi connectivity index (χ1n) is 7.45. The molecule has 0 radical (unpaired) electrons. The lowest BCUT2D eigenvalue weighted by molar-refractivity contribution is -0.0436. The Bertz CT molecular complexity index is 1130. The van der Waals surface area contributed by atoms with Crippen LogP contribution in [0.15, 0.2) is 46.3 Å². The fraction of sp³-hybridized carbons (Fsp3) is 0.200. The first-order valence-corrected chi connectivity index (χ1v) is 10.6. The molecule has 8 nitrogen and oxygen atoms in total. The van der Waals surface area contributed by atoms with E-state index in [1.54, 1.807) is 0 Å². The van der Waals surface area contributed by atoms with E-state index in [0.29, 0.717) is 18.2 Å². The van der Waals surface area contributed by atoms with Crippen molar-refractivity contribution in [3.8, 4) is 5.75 Å². The number of amides is 1. The number of carbonyl (C=O) groups is 1. The van der Waals surface area contributed by atoms with Crippen LogP contribution in [-0.4, -0.2) is 44.1 Å². The summed E-state index contributed by atoms with van der Waals surface area (Å²) in [6.45, 7) is 1.37. The molecule has 0 aliphatic rings. The van der Waals surface area contributed by atoms with Gasteiger partial charge in [0.25, 0.3) is 15.7 Å². The minimum absolute atomic E-state index is 0.275. The third kappa shape index (κ3) is 4.25. The molecule has 0 bridgehead atoms. The fourth-order valence-corrected chi connectivity index (χ4v) is 3.57. The number of carbonyl (C=O) groups excluding carboxylic acids is 1. The van der Waals surface area contributed by atoms with Crippen molar-refractivity contribution in [2.24, 2.45) is 0 Å². The Kier molecular flexibility index (Phi) is 5.71. The average molecular weight is 438 g/mol. The van der Waals surface area contributed by atoms with Gasteiger partial charge in [-0.1, -0.05) is 13.0 Å². The molecule has 0 atom stereocenters. The normalized spacial score (nSPS) is 12.6. The van der Waals surface area contributed by atoms with E-state index in [2.05, 4.69) is 4.98 Å². The molecule has 152 valence electrons. The maximum Gasteiger partial charge on any atom is 0.501 e. The highest BCUT2D eigenvalue weighted by Crippen LogP contribution is 2.34. The molecule has 0 aliphatic carbocycles. The van der Waals surface area contributed by atoms with Crippen molar-refractivity contribution in [2.45, 2.75) is 22.4 Å². The van der Waals surface area contributed by atoms with E-state index in [0.717, 1.165) is 12.1 Å². The summed E-state index contributed by atoms with van der Waals surface area (Å²) in [5, 5.41) is 11.3. The summed E-state index contributed by atoms with van der Waals surface area (Å²) in [5.41, 5.74) is -6.60. The Labute approximate surface area is 157 Å². The molecule has 1 aromatic heterocycles. The van der Waals surface area contributed by atoms with E-state index in [1.807, 2.05) is 5.32 Å². The van der Waals surface area contributed by atoms with E-state index >= 15 is 0 Å². The molecule has 1 heterocycles. The quantitative estimate of drug-likeness (QED) is 0.684. The molecular weight excluding hydrogens is 425 g/mol. The smallest absolute Gasteiger partial charge is 0.501 e. The van der Waals surface area contributed by atoms with Gasteiger partial charge >= 0.3 is 5.51 Å². The van der Waals surface area contributed by atoms with Crippen LogP contribution in [-0.2, 0) is 19.7 Å². The zero-order valence-corrected chi connectivity index (χ0v) is 15.7. The Balaban J connectivity index is 2.41. The number of nitrogens with zero attached hydrogens (tertiary/aromatic N) is 1. The number of pyridine rings is 1. The maximum absolute atomic E-state index is 12.7. The maximum atomic E-state index is 12.7. The first-order chi connectivity index (χ1) is 12.8. The lowest BCUT2D eigenvalue weighted by Crippen LogP contribution is -2.23. The van der Waals surface area contributed by atoms with Gasteiger partial charge in [-0.05, 0) is 30.3 Å². The van der Waals surface area contributed by atoms with Crippen LogP contribution < -0.4 is 5.32 Å². The molecule has 28 heavy (non-hydrogen) atoms. The van der Waals surface area contributed by atoms with Crippen molar-refractivity contribution in [3.05, 3.63) is 42.1 Å². The molecule has 2 aromatic rings. The Morgan fingerprint density at radius 2 is 1.79 bits per heavy atom. The SMILES string of the molecule is CCS(=O)(=O)c1cccc(C(=O)Nc2cc(S(=O)(=O)C(F)(F)F)ccc2O)n1. The number of halogens is 3. The number of benzene rings is 1. The summed E-state index contributed by atoms with van der Waals surface area (Å²) in [5.74, 6) is -2.04. The average Bonchev–Trinajstić information content (AvgIpc) is 2.62. The van der Waals surface area contributed by atoms with E-state index in [1.165, 1.54) is 13.0 Å². The van der Waals surface area contributed by atoms with E-state index in [-0.39, 0.29) is 10.8 Å². The number of alkyl halides is 3. The Morgan fingerprint density at radius 1 is 1.14 bits per heavy atom. The molecule has 0 spiro atoms. The van der Waals surface area contributed by atoms with Crippen LogP contribution >= 0.6 is 0 Å². The summed E-state index contributed by atoms with van der Waals surface area (Å²) in [6.07, 6.45) is 0. The summed E-state index contributed by atoms with van der Waals surface area (Å²) in [6, 6.07) is 5.15. The van der Waals surface area contributed by atoms with Crippen molar-refractivity contribution < 1.29 is 39.9 Å². The second-order valence-electron chi connectivity index (χ2n) is 5.35. The van der Waals surface area contributed by atoms with Crippen molar-refractivity contribution in [1.29, 1.82) is 0 Å². The number of hydrogen-bond donors (Lipinski definition) is 2. The molecule has 1 aromatic carbocycles. The summed E-state index contributed by atoms with van der Waals surface area (Å²) >= 11 is 0. The predicted octanol–water partition coefficient (Wildman–Crippen LogP) is 2.13. The van der Waals surface area contributed by atoms with Gasteiger partial charge in [-0.25, -0.2) is 21.8 Å². The molecule has 0 saturated carbocycles. The summed E-state index contributed by atoms with van der Waals surface area (Å²) in [4.78, 5) is 14.7. The van der Waals surface area contributed by atoms with Gasteiger partial charge < -0.3 is 10.4 Å². The van der Waals surface area contributed by atoms with Gasteiger partial charge in [0.15, 0.2) is 14.9 Å². The minimum Gasteiger partial charge on any atom is -0.506 e. The summed E-state index contributed by atoms with van der Waals surface area (Å²) < 4.78 is 84.6. The number of phenolic OH excluding ortho intramolecular Hbond substituents is 1. The monoisotopic (exact) mass is 438 g/mol. The third-order valence-electron chi connectivity index (χ3n) is 3.49. The van der Waals surface area contributed by atoms with Gasteiger partial charge in [0.05, 0.1) is 16.3 Å². The molecule has 1 amide bonds. The topological polar surface area (TPSA) is 130 Å². The highest BCUT2D eigenvalue weighted by molar-refractivity contribution is 7.92. The van der Waals surface area contributed by atoms with Crippen LogP contribution in [0.5, 0.6) is 5.75 Å². The van der Waals surface area contributed by atoms with E-state index < -0.39 is 53.1 Å². The zero-order chi connectivity index (χ0) is 21.3. The van der Waals surface area contributed by atoms with Crippen molar-refractivity contribution >= 4 is 31.3 Å². The van der Waals surface area contributed by atoms with Crippen LogP contribution in [0.25, 0.3) is 0 Å². The van der Waals surface area contributed by atoms with Crippen LogP contribution in [0.1, 0.15) is 17.4 Å². The number of phenols is 1. The van der Waals surface area contributed by atoms with Crippen LogP contribution in [0, 0.1) is 0 Å². The number of nitrogens with one attached hydrogen (secondary N) is 1. The van der Waals surface area contributed by atoms with Gasteiger partial charge in [-0.15, -0.1) is 0 Å². The molecule has 2 rings (SSSR count). The standard InChI is InChI=1S/C15H13F3N2O6S2/c1-2-27(23,24)13-5-3-4-10(19-13)14(22)20-11-8-9(6-7-12(11)21)28(25,26)15(16,17)18/h3-8,21H,2H2,1H3,(H,20,22). The third-order valence-corrected chi connectivity index (χ3v) is 6.59. The Morgan fingerprint density at radius 3 is 2.36 bits per heavy atom. The van der Waals surface area contributed by atoms with Gasteiger partial charge in [-0.2, -0.15) is 13.2 Å².